The number of rotatable bonds is 6. The van der Waals surface area contributed by atoms with Crippen LogP contribution < -0.4 is 10.1 Å². The highest BCUT2D eigenvalue weighted by Crippen LogP contribution is 2.19. The van der Waals surface area contributed by atoms with E-state index in [1.165, 1.54) is 31.2 Å². The van der Waals surface area contributed by atoms with Crippen molar-refractivity contribution in [2.75, 3.05) is 26.3 Å². The first-order chi connectivity index (χ1) is 13.2. The molecule has 1 amide bonds. The van der Waals surface area contributed by atoms with Gasteiger partial charge in [0.05, 0.1) is 25.3 Å². The van der Waals surface area contributed by atoms with E-state index in [1.807, 2.05) is 0 Å². The molecule has 2 aromatic rings. The first-order valence-corrected chi connectivity index (χ1v) is 9.14. The highest BCUT2D eigenvalue weighted by Gasteiger charge is 2.35. The highest BCUT2D eigenvalue weighted by molar-refractivity contribution is 5.92. The number of hydrogen-bond acceptors (Lipinski definition) is 6. The molecule has 2 saturated heterocycles. The summed E-state index contributed by atoms with van der Waals surface area (Å²) in [7, 11) is 0. The maximum atomic E-state index is 13.2. The van der Waals surface area contributed by atoms with Crippen LogP contribution in [0.1, 0.15) is 29.2 Å². The molecule has 3 heterocycles. The van der Waals surface area contributed by atoms with E-state index < -0.39 is 0 Å². The van der Waals surface area contributed by atoms with Crippen LogP contribution >= 0.6 is 0 Å². The van der Waals surface area contributed by atoms with Gasteiger partial charge in [-0.1, -0.05) is 6.07 Å². The first kappa shape index (κ1) is 17.9. The van der Waals surface area contributed by atoms with E-state index in [9.17, 15) is 9.18 Å². The van der Waals surface area contributed by atoms with Crippen LogP contribution in [0.3, 0.4) is 0 Å². The van der Waals surface area contributed by atoms with E-state index in [-0.39, 0.29) is 42.0 Å². The first-order valence-electron chi connectivity index (χ1n) is 9.14. The third-order valence-electron chi connectivity index (χ3n) is 4.92. The van der Waals surface area contributed by atoms with Crippen LogP contribution in [-0.4, -0.2) is 54.2 Å². The number of hydrogen-bond donors (Lipinski definition) is 1. The molecular weight excluding hydrogens is 353 g/mol. The molecule has 27 heavy (non-hydrogen) atoms. The zero-order valence-electron chi connectivity index (χ0n) is 14.9. The average Bonchev–Trinajstić information content (AvgIpc) is 3.41. The Bertz CT molecular complexity index is 791. The van der Waals surface area contributed by atoms with Gasteiger partial charge in [0.15, 0.2) is 12.3 Å². The molecular formula is C19H22FN3O4. The van der Waals surface area contributed by atoms with Crippen molar-refractivity contribution < 1.29 is 23.1 Å². The number of nitrogens with one attached hydrogen (secondary N) is 1. The number of halogens is 1. The molecule has 7 nitrogen and oxygen atoms in total. The normalized spacial score (nSPS) is 22.9. The number of benzene rings is 1. The molecule has 1 aromatic heterocycles. The van der Waals surface area contributed by atoms with Gasteiger partial charge in [0, 0.05) is 6.07 Å². The molecule has 2 aliphatic rings. The monoisotopic (exact) mass is 375 g/mol. The molecule has 144 valence electrons. The van der Waals surface area contributed by atoms with E-state index in [0.29, 0.717) is 19.0 Å². The molecule has 0 unspecified atom stereocenters. The van der Waals surface area contributed by atoms with E-state index in [2.05, 4.69) is 15.2 Å². The molecule has 0 aliphatic carbocycles. The second-order valence-electron chi connectivity index (χ2n) is 6.80. The number of carbonyl (C=O) groups excluding carboxylic acids is 1. The van der Waals surface area contributed by atoms with Gasteiger partial charge < -0.3 is 19.2 Å². The molecule has 4 rings (SSSR count). The maximum absolute atomic E-state index is 13.2. The van der Waals surface area contributed by atoms with Gasteiger partial charge in [-0.05, 0) is 38.1 Å². The summed E-state index contributed by atoms with van der Waals surface area (Å²) in [5.41, 5.74) is 0.194. The van der Waals surface area contributed by atoms with Crippen molar-refractivity contribution in [1.82, 2.24) is 15.2 Å². The van der Waals surface area contributed by atoms with E-state index in [1.54, 1.807) is 12.1 Å². The Hall–Kier alpha value is -2.45. The summed E-state index contributed by atoms with van der Waals surface area (Å²) in [5, 5.41) is 3.00. The third kappa shape index (κ3) is 4.28. The Morgan fingerprint density at radius 1 is 1.33 bits per heavy atom. The van der Waals surface area contributed by atoms with Crippen molar-refractivity contribution >= 4 is 5.91 Å². The van der Waals surface area contributed by atoms with Crippen LogP contribution in [0.15, 0.2) is 34.9 Å². The van der Waals surface area contributed by atoms with E-state index >= 15 is 0 Å². The van der Waals surface area contributed by atoms with Gasteiger partial charge in [0.2, 0.25) is 5.89 Å². The van der Waals surface area contributed by atoms with Crippen molar-refractivity contribution in [2.24, 2.45) is 0 Å². The van der Waals surface area contributed by atoms with Crippen LogP contribution in [0.2, 0.25) is 0 Å². The second kappa shape index (κ2) is 8.06. The minimum atomic E-state index is -0.383. The Kier molecular flexibility index (Phi) is 5.35. The number of amides is 1. The molecule has 0 bridgehead atoms. The van der Waals surface area contributed by atoms with E-state index in [0.717, 1.165) is 13.1 Å². The predicted octanol–water partition coefficient (Wildman–Crippen LogP) is 1.99. The molecule has 0 spiro atoms. The zero-order valence-corrected chi connectivity index (χ0v) is 14.9. The number of ether oxygens (including phenoxy) is 2. The smallest absolute Gasteiger partial charge is 0.273 e. The minimum absolute atomic E-state index is 0.0136. The Labute approximate surface area is 156 Å². The molecule has 8 heteroatoms. The molecule has 1 aromatic carbocycles. The van der Waals surface area contributed by atoms with Gasteiger partial charge in [0.1, 0.15) is 17.8 Å². The van der Waals surface area contributed by atoms with Gasteiger partial charge in [-0.2, -0.15) is 0 Å². The molecule has 2 atom stereocenters. The Morgan fingerprint density at radius 2 is 2.19 bits per heavy atom. The number of carbonyl (C=O) groups is 1. The summed E-state index contributed by atoms with van der Waals surface area (Å²) in [6, 6.07) is 5.95. The van der Waals surface area contributed by atoms with Crippen LogP contribution in [0, 0.1) is 5.82 Å². The van der Waals surface area contributed by atoms with Crippen molar-refractivity contribution in [3.05, 3.63) is 47.9 Å². The lowest BCUT2D eigenvalue weighted by Gasteiger charge is -2.27. The summed E-state index contributed by atoms with van der Waals surface area (Å²) >= 11 is 0. The lowest BCUT2D eigenvalue weighted by Crippen LogP contribution is -2.50. The maximum Gasteiger partial charge on any atom is 0.273 e. The van der Waals surface area contributed by atoms with Crippen molar-refractivity contribution in [3.63, 3.8) is 0 Å². The lowest BCUT2D eigenvalue weighted by molar-refractivity contribution is 0.0911. The number of oxazole rings is 1. The van der Waals surface area contributed by atoms with Crippen LogP contribution in [0.5, 0.6) is 5.75 Å². The van der Waals surface area contributed by atoms with Gasteiger partial charge in [-0.15, -0.1) is 0 Å². The molecule has 0 radical (unpaired) electrons. The number of aromatic nitrogens is 1. The summed E-state index contributed by atoms with van der Waals surface area (Å²) in [4.78, 5) is 19.0. The average molecular weight is 375 g/mol. The fourth-order valence-corrected chi connectivity index (χ4v) is 3.54. The Balaban J connectivity index is 1.33. The number of nitrogens with zero attached hydrogens (tertiary/aromatic N) is 2. The van der Waals surface area contributed by atoms with Gasteiger partial charge in [0.25, 0.3) is 5.91 Å². The number of likely N-dealkylation sites (tertiary alicyclic amines) is 1. The van der Waals surface area contributed by atoms with Gasteiger partial charge in [-0.25, -0.2) is 9.37 Å². The van der Waals surface area contributed by atoms with E-state index in [4.69, 9.17) is 13.9 Å². The van der Waals surface area contributed by atoms with Crippen molar-refractivity contribution in [3.8, 4) is 5.75 Å². The molecule has 0 saturated carbocycles. The fourth-order valence-electron chi connectivity index (χ4n) is 3.54. The second-order valence-corrected chi connectivity index (χ2v) is 6.80. The largest absolute Gasteiger partial charge is 0.484 e. The molecule has 2 fully saturated rings. The summed E-state index contributed by atoms with van der Waals surface area (Å²) in [5.74, 6) is -0.0549. The lowest BCUT2D eigenvalue weighted by atomic mass is 10.1. The Morgan fingerprint density at radius 3 is 3.00 bits per heavy atom. The van der Waals surface area contributed by atoms with Crippen molar-refractivity contribution in [2.45, 2.75) is 31.5 Å². The van der Waals surface area contributed by atoms with Crippen LogP contribution in [0.4, 0.5) is 4.39 Å². The van der Waals surface area contributed by atoms with Gasteiger partial charge in [-0.3, -0.25) is 9.69 Å². The predicted molar refractivity (Wildman–Crippen MR) is 93.9 cm³/mol. The standard InChI is InChI=1S/C19H22FN3O4/c20-13-4-3-5-14(8-13)26-12-18-21-16(10-27-18)19(24)22-15-9-25-11-17(15)23-6-1-2-7-23/h3-5,8,10,15,17H,1-2,6-7,9,11-12H2,(H,22,24)/t15-,17-/m0/s1. The fraction of sp³-hybridized carbons (Fsp3) is 0.474. The summed E-state index contributed by atoms with van der Waals surface area (Å²) in [6.45, 7) is 3.24. The zero-order chi connectivity index (χ0) is 18.6. The van der Waals surface area contributed by atoms with Crippen LogP contribution in [0.25, 0.3) is 0 Å². The van der Waals surface area contributed by atoms with Crippen molar-refractivity contribution in [1.29, 1.82) is 0 Å². The van der Waals surface area contributed by atoms with Crippen LogP contribution in [-0.2, 0) is 11.3 Å². The highest BCUT2D eigenvalue weighted by atomic mass is 19.1. The van der Waals surface area contributed by atoms with Gasteiger partial charge >= 0.3 is 0 Å². The summed E-state index contributed by atoms with van der Waals surface area (Å²) < 4.78 is 29.5. The third-order valence-corrected chi connectivity index (χ3v) is 4.92. The SMILES string of the molecule is O=C(N[C@H]1COC[C@@H]1N1CCCC1)c1coc(COc2cccc(F)c2)n1. The summed E-state index contributed by atoms with van der Waals surface area (Å²) in [6.07, 6.45) is 3.69. The minimum Gasteiger partial charge on any atom is -0.484 e. The molecule has 2 aliphatic heterocycles. The quantitative estimate of drug-likeness (QED) is 0.832. The topological polar surface area (TPSA) is 76.8 Å². The molecule has 1 N–H and O–H groups in total.